The summed E-state index contributed by atoms with van der Waals surface area (Å²) in [4.78, 5) is 14.0. The highest BCUT2D eigenvalue weighted by Crippen LogP contribution is 2.16. The van der Waals surface area contributed by atoms with Gasteiger partial charge in [0.15, 0.2) is 0 Å². The standard InChI is InChI=1S/C13H28N2O/c1-7-8-13(5,14)12(16)15(6)11(4)9-10(2)3/h10-11H,7-9,14H2,1-6H3. The second-order valence-corrected chi connectivity index (χ2v) is 5.56. The van der Waals surface area contributed by atoms with Crippen LogP contribution in [0.4, 0.5) is 0 Å². The number of hydrogen-bond acceptors (Lipinski definition) is 2. The second-order valence-electron chi connectivity index (χ2n) is 5.56. The van der Waals surface area contributed by atoms with Crippen LogP contribution in [0.2, 0.25) is 0 Å². The summed E-state index contributed by atoms with van der Waals surface area (Å²) in [7, 11) is 1.86. The molecule has 0 fully saturated rings. The Morgan fingerprint density at radius 1 is 1.38 bits per heavy atom. The highest BCUT2D eigenvalue weighted by atomic mass is 16.2. The summed E-state index contributed by atoms with van der Waals surface area (Å²) in [5.74, 6) is 0.656. The fourth-order valence-corrected chi connectivity index (χ4v) is 2.07. The topological polar surface area (TPSA) is 46.3 Å². The van der Waals surface area contributed by atoms with Crippen molar-refractivity contribution in [2.45, 2.75) is 65.5 Å². The number of nitrogens with zero attached hydrogens (tertiary/aromatic N) is 1. The molecule has 0 saturated heterocycles. The van der Waals surface area contributed by atoms with Crippen LogP contribution < -0.4 is 5.73 Å². The molecule has 1 amide bonds. The van der Waals surface area contributed by atoms with Crippen molar-refractivity contribution < 1.29 is 4.79 Å². The van der Waals surface area contributed by atoms with E-state index in [0.717, 1.165) is 19.3 Å². The van der Waals surface area contributed by atoms with Crippen LogP contribution >= 0.6 is 0 Å². The summed E-state index contributed by atoms with van der Waals surface area (Å²) in [5, 5.41) is 0. The first-order valence-electron chi connectivity index (χ1n) is 6.28. The van der Waals surface area contributed by atoms with Crippen molar-refractivity contribution >= 4 is 5.91 Å². The maximum absolute atomic E-state index is 12.2. The summed E-state index contributed by atoms with van der Waals surface area (Å²) in [6.45, 7) is 10.3. The molecule has 0 heterocycles. The summed E-state index contributed by atoms with van der Waals surface area (Å²) in [6.07, 6.45) is 2.69. The summed E-state index contributed by atoms with van der Waals surface area (Å²) < 4.78 is 0. The van der Waals surface area contributed by atoms with Crippen LogP contribution in [0.3, 0.4) is 0 Å². The molecule has 0 aliphatic rings. The molecule has 0 saturated carbocycles. The largest absolute Gasteiger partial charge is 0.341 e. The average Bonchev–Trinajstić information content (AvgIpc) is 2.14. The Morgan fingerprint density at radius 2 is 1.88 bits per heavy atom. The molecule has 0 radical (unpaired) electrons. The van der Waals surface area contributed by atoms with Crippen molar-refractivity contribution in [2.75, 3.05) is 7.05 Å². The first-order valence-corrected chi connectivity index (χ1v) is 6.28. The van der Waals surface area contributed by atoms with Crippen LogP contribution in [-0.4, -0.2) is 29.4 Å². The Balaban J connectivity index is 4.48. The zero-order valence-electron chi connectivity index (χ0n) is 11.7. The third-order valence-electron chi connectivity index (χ3n) is 3.05. The SMILES string of the molecule is CCCC(C)(N)C(=O)N(C)C(C)CC(C)C. The molecule has 2 unspecified atom stereocenters. The minimum Gasteiger partial charge on any atom is -0.341 e. The number of nitrogens with two attached hydrogens (primary N) is 1. The van der Waals surface area contributed by atoms with E-state index >= 15 is 0 Å². The third kappa shape index (κ3) is 4.52. The minimum atomic E-state index is -0.714. The Labute approximate surface area is 100 Å². The van der Waals surface area contributed by atoms with Crippen molar-refractivity contribution in [1.82, 2.24) is 4.90 Å². The molecule has 0 bridgehead atoms. The molecule has 0 aliphatic carbocycles. The fourth-order valence-electron chi connectivity index (χ4n) is 2.07. The van der Waals surface area contributed by atoms with Gasteiger partial charge in [-0.15, -0.1) is 0 Å². The first kappa shape index (κ1) is 15.4. The monoisotopic (exact) mass is 228 g/mol. The molecule has 0 aromatic carbocycles. The number of rotatable bonds is 6. The lowest BCUT2D eigenvalue weighted by Gasteiger charge is -2.33. The normalized spacial score (nSPS) is 17.0. The smallest absolute Gasteiger partial charge is 0.242 e. The highest BCUT2D eigenvalue weighted by Gasteiger charge is 2.31. The van der Waals surface area contributed by atoms with Crippen molar-refractivity contribution in [2.24, 2.45) is 11.7 Å². The molecule has 3 heteroatoms. The highest BCUT2D eigenvalue weighted by molar-refractivity contribution is 5.85. The molecule has 2 atom stereocenters. The van der Waals surface area contributed by atoms with Crippen LogP contribution in [0.1, 0.15) is 53.9 Å². The van der Waals surface area contributed by atoms with Crippen molar-refractivity contribution in [3.8, 4) is 0 Å². The van der Waals surface area contributed by atoms with Gasteiger partial charge in [0.2, 0.25) is 5.91 Å². The predicted molar refractivity (Wildman–Crippen MR) is 69.2 cm³/mol. The van der Waals surface area contributed by atoms with E-state index in [-0.39, 0.29) is 11.9 Å². The van der Waals surface area contributed by atoms with Gasteiger partial charge in [-0.25, -0.2) is 0 Å². The van der Waals surface area contributed by atoms with E-state index in [1.165, 1.54) is 0 Å². The van der Waals surface area contributed by atoms with E-state index in [2.05, 4.69) is 27.7 Å². The quantitative estimate of drug-likeness (QED) is 0.759. The summed E-state index contributed by atoms with van der Waals surface area (Å²) in [6, 6.07) is 0.257. The van der Waals surface area contributed by atoms with Gasteiger partial charge in [0.05, 0.1) is 5.54 Å². The lowest BCUT2D eigenvalue weighted by Crippen LogP contribution is -2.54. The van der Waals surface area contributed by atoms with Crippen LogP contribution in [-0.2, 0) is 4.79 Å². The third-order valence-corrected chi connectivity index (χ3v) is 3.05. The number of hydrogen-bond donors (Lipinski definition) is 1. The zero-order valence-corrected chi connectivity index (χ0v) is 11.7. The molecule has 0 aromatic rings. The Morgan fingerprint density at radius 3 is 2.25 bits per heavy atom. The number of carbonyl (C=O) groups excluding carboxylic acids is 1. The van der Waals surface area contributed by atoms with Gasteiger partial charge in [-0.1, -0.05) is 27.2 Å². The molecular formula is C13H28N2O. The lowest BCUT2D eigenvalue weighted by atomic mass is 9.94. The molecule has 2 N–H and O–H groups in total. The van der Waals surface area contributed by atoms with E-state index in [0.29, 0.717) is 5.92 Å². The van der Waals surface area contributed by atoms with E-state index in [4.69, 9.17) is 5.73 Å². The molecule has 16 heavy (non-hydrogen) atoms. The molecule has 0 rings (SSSR count). The van der Waals surface area contributed by atoms with Gasteiger partial charge in [0, 0.05) is 13.1 Å². The Bertz CT molecular complexity index is 224. The van der Waals surface area contributed by atoms with Gasteiger partial charge in [-0.3, -0.25) is 4.79 Å². The van der Waals surface area contributed by atoms with Crippen molar-refractivity contribution in [3.63, 3.8) is 0 Å². The van der Waals surface area contributed by atoms with E-state index in [1.54, 1.807) is 4.90 Å². The van der Waals surface area contributed by atoms with Crippen LogP contribution in [0, 0.1) is 5.92 Å². The Hall–Kier alpha value is -0.570. The number of carbonyl (C=O) groups is 1. The minimum absolute atomic E-state index is 0.0579. The average molecular weight is 228 g/mol. The van der Waals surface area contributed by atoms with Gasteiger partial charge >= 0.3 is 0 Å². The zero-order chi connectivity index (χ0) is 12.9. The van der Waals surface area contributed by atoms with E-state index in [1.807, 2.05) is 14.0 Å². The predicted octanol–water partition coefficient (Wildman–Crippen LogP) is 2.40. The molecular weight excluding hydrogens is 200 g/mol. The van der Waals surface area contributed by atoms with Crippen LogP contribution in [0.5, 0.6) is 0 Å². The Kier molecular flexibility index (Phi) is 6.01. The maximum Gasteiger partial charge on any atom is 0.242 e. The summed E-state index contributed by atoms with van der Waals surface area (Å²) >= 11 is 0. The molecule has 0 spiro atoms. The van der Waals surface area contributed by atoms with Gasteiger partial charge < -0.3 is 10.6 Å². The first-order chi connectivity index (χ1) is 7.22. The second kappa shape index (κ2) is 6.24. The van der Waals surface area contributed by atoms with Gasteiger partial charge in [0.25, 0.3) is 0 Å². The number of likely N-dealkylation sites (N-methyl/N-ethyl adjacent to an activating group) is 1. The van der Waals surface area contributed by atoms with E-state index < -0.39 is 5.54 Å². The van der Waals surface area contributed by atoms with E-state index in [9.17, 15) is 4.79 Å². The lowest BCUT2D eigenvalue weighted by molar-refractivity contribution is -0.137. The number of amides is 1. The van der Waals surface area contributed by atoms with Crippen LogP contribution in [0.25, 0.3) is 0 Å². The molecule has 0 aromatic heterocycles. The summed E-state index contributed by atoms with van der Waals surface area (Å²) in [5.41, 5.74) is 5.34. The van der Waals surface area contributed by atoms with Crippen molar-refractivity contribution in [1.29, 1.82) is 0 Å². The molecule has 0 aliphatic heterocycles. The fraction of sp³-hybridized carbons (Fsp3) is 0.923. The molecule has 96 valence electrons. The van der Waals surface area contributed by atoms with Gasteiger partial charge in [-0.05, 0) is 32.6 Å². The van der Waals surface area contributed by atoms with Gasteiger partial charge in [0.1, 0.15) is 0 Å². The maximum atomic E-state index is 12.2. The van der Waals surface area contributed by atoms with Crippen LogP contribution in [0.15, 0.2) is 0 Å². The molecule has 3 nitrogen and oxygen atoms in total. The van der Waals surface area contributed by atoms with Crippen molar-refractivity contribution in [3.05, 3.63) is 0 Å². The van der Waals surface area contributed by atoms with Gasteiger partial charge in [-0.2, -0.15) is 0 Å².